The molecule has 1 saturated carbocycles. The van der Waals surface area contributed by atoms with Crippen molar-refractivity contribution in [1.82, 2.24) is 15.3 Å². The molecule has 0 saturated heterocycles. The van der Waals surface area contributed by atoms with Crippen molar-refractivity contribution in [2.75, 3.05) is 18.9 Å². The average molecular weight is 234 g/mol. The van der Waals surface area contributed by atoms with Crippen molar-refractivity contribution in [3.05, 3.63) is 18.1 Å². The van der Waals surface area contributed by atoms with E-state index in [1.807, 2.05) is 0 Å². The van der Waals surface area contributed by atoms with Gasteiger partial charge in [-0.15, -0.1) is 0 Å². The quantitative estimate of drug-likeness (QED) is 0.827. The van der Waals surface area contributed by atoms with Crippen LogP contribution < -0.4 is 10.6 Å². The van der Waals surface area contributed by atoms with Gasteiger partial charge in [-0.2, -0.15) is 0 Å². The Kier molecular flexibility index (Phi) is 3.90. The fourth-order valence-electron chi connectivity index (χ4n) is 2.12. The molecule has 1 aliphatic carbocycles. The van der Waals surface area contributed by atoms with E-state index in [0.29, 0.717) is 17.4 Å². The average Bonchev–Trinajstić information content (AvgIpc) is 2.89. The fourth-order valence-corrected chi connectivity index (χ4v) is 2.12. The van der Waals surface area contributed by atoms with Crippen LogP contribution in [0.4, 0.5) is 5.82 Å². The Bertz CT molecular complexity index is 371. The molecule has 0 radical (unpaired) electrons. The van der Waals surface area contributed by atoms with E-state index in [0.717, 1.165) is 6.54 Å². The third-order valence-electron chi connectivity index (χ3n) is 3.17. The molecule has 0 unspecified atom stereocenters. The third kappa shape index (κ3) is 3.15. The zero-order valence-corrected chi connectivity index (χ0v) is 10.1. The number of anilines is 1. The van der Waals surface area contributed by atoms with Crippen LogP contribution in [0.15, 0.2) is 12.4 Å². The Morgan fingerprint density at radius 3 is 2.71 bits per heavy atom. The fraction of sp³-hybridized carbons (Fsp3) is 0.583. The maximum Gasteiger partial charge on any atom is 0.271 e. The molecule has 2 N–H and O–H groups in total. The van der Waals surface area contributed by atoms with Gasteiger partial charge in [0.15, 0.2) is 0 Å². The van der Waals surface area contributed by atoms with Crippen molar-refractivity contribution < 1.29 is 4.79 Å². The van der Waals surface area contributed by atoms with E-state index in [1.165, 1.54) is 31.9 Å². The minimum Gasteiger partial charge on any atom is -0.372 e. The summed E-state index contributed by atoms with van der Waals surface area (Å²) in [5, 5.41) is 5.78. The van der Waals surface area contributed by atoms with Crippen LogP contribution >= 0.6 is 0 Å². The summed E-state index contributed by atoms with van der Waals surface area (Å²) in [6.07, 6.45) is 8.09. The molecule has 17 heavy (non-hydrogen) atoms. The molecule has 0 bridgehead atoms. The first-order chi connectivity index (χ1) is 8.29. The van der Waals surface area contributed by atoms with E-state index < -0.39 is 0 Å². The number of carbonyl (C=O) groups is 1. The number of nitrogens with zero attached hydrogens (tertiary/aromatic N) is 2. The summed E-state index contributed by atoms with van der Waals surface area (Å²) < 4.78 is 0. The predicted molar refractivity (Wildman–Crippen MR) is 65.9 cm³/mol. The van der Waals surface area contributed by atoms with Crippen molar-refractivity contribution in [1.29, 1.82) is 0 Å². The zero-order valence-electron chi connectivity index (χ0n) is 10.1. The number of hydrogen-bond acceptors (Lipinski definition) is 4. The van der Waals surface area contributed by atoms with Crippen molar-refractivity contribution in [3.8, 4) is 0 Å². The topological polar surface area (TPSA) is 66.9 Å². The first kappa shape index (κ1) is 11.8. The normalized spacial score (nSPS) is 15.8. The Balaban J connectivity index is 1.85. The Morgan fingerprint density at radius 2 is 2.12 bits per heavy atom. The van der Waals surface area contributed by atoms with Gasteiger partial charge in [0.2, 0.25) is 0 Å². The van der Waals surface area contributed by atoms with Gasteiger partial charge in [0.25, 0.3) is 5.91 Å². The summed E-state index contributed by atoms with van der Waals surface area (Å²) >= 11 is 0. The van der Waals surface area contributed by atoms with Gasteiger partial charge >= 0.3 is 0 Å². The van der Waals surface area contributed by atoms with E-state index in [-0.39, 0.29) is 5.91 Å². The molecule has 1 heterocycles. The molecule has 1 aromatic heterocycles. The lowest BCUT2D eigenvalue weighted by molar-refractivity contribution is 0.0942. The van der Waals surface area contributed by atoms with Gasteiger partial charge in [-0.25, -0.2) is 9.97 Å². The second kappa shape index (κ2) is 5.61. The Hall–Kier alpha value is -1.65. The summed E-state index contributed by atoms with van der Waals surface area (Å²) in [5.74, 6) is 1.17. The van der Waals surface area contributed by atoms with Gasteiger partial charge in [-0.1, -0.05) is 12.8 Å². The van der Waals surface area contributed by atoms with Crippen LogP contribution in [0.2, 0.25) is 0 Å². The van der Waals surface area contributed by atoms with Crippen LogP contribution in [-0.4, -0.2) is 29.5 Å². The molecule has 0 aromatic carbocycles. The monoisotopic (exact) mass is 234 g/mol. The van der Waals surface area contributed by atoms with Crippen molar-refractivity contribution >= 4 is 11.7 Å². The highest BCUT2D eigenvalue weighted by molar-refractivity contribution is 5.91. The van der Waals surface area contributed by atoms with Gasteiger partial charge in [0.1, 0.15) is 11.5 Å². The minimum atomic E-state index is -0.132. The maximum absolute atomic E-state index is 11.8. The van der Waals surface area contributed by atoms with Crippen LogP contribution in [-0.2, 0) is 0 Å². The molecule has 2 rings (SSSR count). The minimum absolute atomic E-state index is 0.132. The van der Waals surface area contributed by atoms with Gasteiger partial charge in [-0.05, 0) is 18.8 Å². The summed E-state index contributed by atoms with van der Waals surface area (Å²) in [6.45, 7) is 0.758. The van der Waals surface area contributed by atoms with Gasteiger partial charge in [-0.3, -0.25) is 4.79 Å². The van der Waals surface area contributed by atoms with E-state index in [2.05, 4.69) is 20.6 Å². The SMILES string of the molecule is CNc1cnc(C(=O)NCC2CCCC2)cn1. The molecule has 1 aromatic rings. The lowest BCUT2D eigenvalue weighted by Gasteiger charge is -2.10. The molecule has 0 aliphatic heterocycles. The van der Waals surface area contributed by atoms with Gasteiger partial charge in [0.05, 0.1) is 12.4 Å². The lowest BCUT2D eigenvalue weighted by Crippen LogP contribution is -2.29. The molecule has 5 heteroatoms. The van der Waals surface area contributed by atoms with Crippen molar-refractivity contribution in [3.63, 3.8) is 0 Å². The Labute approximate surface area is 101 Å². The number of amides is 1. The highest BCUT2D eigenvalue weighted by atomic mass is 16.1. The zero-order chi connectivity index (χ0) is 12.1. The van der Waals surface area contributed by atoms with Crippen LogP contribution in [0, 0.1) is 5.92 Å². The standard InChI is InChI=1S/C12H18N4O/c1-13-11-8-14-10(7-15-11)12(17)16-6-9-4-2-3-5-9/h7-9H,2-6H2,1H3,(H,13,15)(H,16,17). The molecular weight excluding hydrogens is 216 g/mol. The molecule has 1 fully saturated rings. The van der Waals surface area contributed by atoms with Crippen LogP contribution in [0.1, 0.15) is 36.2 Å². The second-order valence-electron chi connectivity index (χ2n) is 4.40. The molecule has 92 valence electrons. The lowest BCUT2D eigenvalue weighted by atomic mass is 10.1. The number of carbonyl (C=O) groups excluding carboxylic acids is 1. The summed E-state index contributed by atoms with van der Waals surface area (Å²) in [6, 6.07) is 0. The summed E-state index contributed by atoms with van der Waals surface area (Å²) in [7, 11) is 1.77. The number of hydrogen-bond donors (Lipinski definition) is 2. The maximum atomic E-state index is 11.8. The highest BCUT2D eigenvalue weighted by Gasteiger charge is 2.16. The highest BCUT2D eigenvalue weighted by Crippen LogP contribution is 2.23. The van der Waals surface area contributed by atoms with Crippen LogP contribution in [0.3, 0.4) is 0 Å². The number of nitrogens with one attached hydrogen (secondary N) is 2. The molecule has 0 spiro atoms. The smallest absolute Gasteiger partial charge is 0.271 e. The summed E-state index contributed by atoms with van der Waals surface area (Å²) in [4.78, 5) is 19.9. The third-order valence-corrected chi connectivity index (χ3v) is 3.17. The van der Waals surface area contributed by atoms with Gasteiger partial charge < -0.3 is 10.6 Å². The van der Waals surface area contributed by atoms with Gasteiger partial charge in [0, 0.05) is 13.6 Å². The number of rotatable bonds is 4. The van der Waals surface area contributed by atoms with E-state index in [1.54, 1.807) is 13.2 Å². The van der Waals surface area contributed by atoms with Crippen molar-refractivity contribution in [2.24, 2.45) is 5.92 Å². The second-order valence-corrected chi connectivity index (χ2v) is 4.40. The van der Waals surface area contributed by atoms with E-state index >= 15 is 0 Å². The first-order valence-corrected chi connectivity index (χ1v) is 6.07. The molecule has 5 nitrogen and oxygen atoms in total. The molecule has 0 atom stereocenters. The molecular formula is C12H18N4O. The largest absolute Gasteiger partial charge is 0.372 e. The first-order valence-electron chi connectivity index (χ1n) is 6.07. The van der Waals surface area contributed by atoms with Crippen LogP contribution in [0.5, 0.6) is 0 Å². The van der Waals surface area contributed by atoms with Crippen molar-refractivity contribution in [2.45, 2.75) is 25.7 Å². The predicted octanol–water partition coefficient (Wildman–Crippen LogP) is 1.44. The molecule has 1 amide bonds. The Morgan fingerprint density at radius 1 is 1.35 bits per heavy atom. The van der Waals surface area contributed by atoms with E-state index in [9.17, 15) is 4.79 Å². The van der Waals surface area contributed by atoms with E-state index in [4.69, 9.17) is 0 Å². The number of aromatic nitrogens is 2. The molecule has 1 aliphatic rings. The summed E-state index contributed by atoms with van der Waals surface area (Å²) in [5.41, 5.74) is 0.377. The van der Waals surface area contributed by atoms with Crippen LogP contribution in [0.25, 0.3) is 0 Å².